The van der Waals surface area contributed by atoms with E-state index in [0.717, 1.165) is 11.1 Å². The first kappa shape index (κ1) is 15.9. The molecular formula is C18H20O4. The number of rotatable bonds is 5. The fourth-order valence-corrected chi connectivity index (χ4v) is 2.67. The van der Waals surface area contributed by atoms with Gasteiger partial charge in [0.25, 0.3) is 0 Å². The maximum atomic E-state index is 11.5. The molecule has 0 bridgehead atoms. The smallest absolute Gasteiger partial charge is 0.335 e. The largest absolute Gasteiger partial charge is 0.497 e. The summed E-state index contributed by atoms with van der Waals surface area (Å²) in [6.45, 7) is 3.97. The lowest BCUT2D eigenvalue weighted by atomic mass is 9.75. The predicted octanol–water partition coefficient (Wildman–Crippen LogP) is 3.73. The van der Waals surface area contributed by atoms with Gasteiger partial charge in [0.15, 0.2) is 0 Å². The molecule has 0 aliphatic carbocycles. The maximum absolute atomic E-state index is 11.5. The van der Waals surface area contributed by atoms with Crippen LogP contribution in [-0.2, 0) is 5.41 Å². The third-order valence-electron chi connectivity index (χ3n) is 3.91. The fourth-order valence-electron chi connectivity index (χ4n) is 2.67. The van der Waals surface area contributed by atoms with Gasteiger partial charge in [-0.25, -0.2) is 4.79 Å². The van der Waals surface area contributed by atoms with E-state index >= 15 is 0 Å². The molecule has 22 heavy (non-hydrogen) atoms. The lowest BCUT2D eigenvalue weighted by molar-refractivity contribution is 0.0694. The number of hydrogen-bond acceptors (Lipinski definition) is 3. The Morgan fingerprint density at radius 2 is 1.68 bits per heavy atom. The molecule has 0 saturated carbocycles. The summed E-state index contributed by atoms with van der Waals surface area (Å²) in [6.07, 6.45) is 0. The lowest BCUT2D eigenvalue weighted by Gasteiger charge is -2.29. The third kappa shape index (κ3) is 2.77. The van der Waals surface area contributed by atoms with Crippen LogP contribution >= 0.6 is 0 Å². The van der Waals surface area contributed by atoms with Crippen molar-refractivity contribution in [3.05, 3.63) is 59.2 Å². The van der Waals surface area contributed by atoms with Crippen LogP contribution in [0.15, 0.2) is 42.5 Å². The van der Waals surface area contributed by atoms with Gasteiger partial charge in [0.2, 0.25) is 0 Å². The van der Waals surface area contributed by atoms with Gasteiger partial charge in [-0.05, 0) is 17.7 Å². The normalized spacial score (nSPS) is 11.1. The molecule has 2 aromatic rings. The summed E-state index contributed by atoms with van der Waals surface area (Å²) in [6, 6.07) is 12.6. The molecule has 116 valence electrons. The number of benzene rings is 2. The Morgan fingerprint density at radius 1 is 1.00 bits per heavy atom. The Morgan fingerprint density at radius 3 is 2.27 bits per heavy atom. The van der Waals surface area contributed by atoms with Crippen LogP contribution in [0.2, 0.25) is 0 Å². The van der Waals surface area contributed by atoms with E-state index in [9.17, 15) is 9.90 Å². The van der Waals surface area contributed by atoms with Crippen molar-refractivity contribution in [3.8, 4) is 11.5 Å². The number of carboxylic acids is 1. The van der Waals surface area contributed by atoms with E-state index in [4.69, 9.17) is 9.47 Å². The topological polar surface area (TPSA) is 55.8 Å². The molecule has 0 aliphatic heterocycles. The van der Waals surface area contributed by atoms with Gasteiger partial charge in [0.1, 0.15) is 11.5 Å². The third-order valence-corrected chi connectivity index (χ3v) is 3.91. The average molecular weight is 300 g/mol. The first-order valence-electron chi connectivity index (χ1n) is 6.97. The van der Waals surface area contributed by atoms with E-state index in [1.807, 2.05) is 38.1 Å². The van der Waals surface area contributed by atoms with Crippen LogP contribution in [0.4, 0.5) is 0 Å². The number of ether oxygens (including phenoxy) is 2. The second-order valence-corrected chi connectivity index (χ2v) is 5.54. The van der Waals surface area contributed by atoms with Gasteiger partial charge >= 0.3 is 5.97 Å². The molecule has 0 heterocycles. The zero-order valence-electron chi connectivity index (χ0n) is 13.2. The molecule has 0 aliphatic rings. The van der Waals surface area contributed by atoms with E-state index in [0.29, 0.717) is 17.1 Å². The van der Waals surface area contributed by atoms with Crippen LogP contribution < -0.4 is 9.47 Å². The van der Waals surface area contributed by atoms with Crippen molar-refractivity contribution in [1.29, 1.82) is 0 Å². The minimum atomic E-state index is -0.934. The summed E-state index contributed by atoms with van der Waals surface area (Å²) >= 11 is 0. The monoisotopic (exact) mass is 300 g/mol. The molecule has 0 amide bonds. The summed E-state index contributed by atoms with van der Waals surface area (Å²) in [5, 5.41) is 9.43. The molecule has 0 unspecified atom stereocenters. The van der Waals surface area contributed by atoms with Crippen molar-refractivity contribution in [1.82, 2.24) is 0 Å². The van der Waals surface area contributed by atoms with Crippen LogP contribution in [0.25, 0.3) is 0 Å². The number of hydrogen-bond donors (Lipinski definition) is 1. The average Bonchev–Trinajstić information content (AvgIpc) is 2.54. The van der Waals surface area contributed by atoms with Crippen LogP contribution in [0.3, 0.4) is 0 Å². The molecule has 0 radical (unpaired) electrons. The van der Waals surface area contributed by atoms with E-state index in [2.05, 4.69) is 0 Å². The van der Waals surface area contributed by atoms with Crippen molar-refractivity contribution in [2.24, 2.45) is 0 Å². The van der Waals surface area contributed by atoms with Crippen LogP contribution in [0.5, 0.6) is 11.5 Å². The standard InChI is InChI=1S/C18H20O4/c1-18(2,14-8-6-5-7-13(14)17(19)20)15-10-9-12(21-3)11-16(15)22-4/h5-11H,1-4H3,(H,19,20). The summed E-state index contributed by atoms with van der Waals surface area (Å²) in [5.74, 6) is 0.434. The molecular weight excluding hydrogens is 280 g/mol. The highest BCUT2D eigenvalue weighted by atomic mass is 16.5. The first-order chi connectivity index (χ1) is 10.4. The van der Waals surface area contributed by atoms with E-state index < -0.39 is 11.4 Å². The quantitative estimate of drug-likeness (QED) is 0.914. The molecule has 0 fully saturated rings. The van der Waals surface area contributed by atoms with Crippen LogP contribution in [0.1, 0.15) is 35.3 Å². The molecule has 2 aromatic carbocycles. The molecule has 4 heteroatoms. The second kappa shape index (κ2) is 6.10. The van der Waals surface area contributed by atoms with E-state index in [1.165, 1.54) is 0 Å². The number of carboxylic acid groups (broad SMARTS) is 1. The van der Waals surface area contributed by atoms with E-state index in [1.54, 1.807) is 32.4 Å². The first-order valence-corrected chi connectivity index (χ1v) is 6.97. The van der Waals surface area contributed by atoms with Crippen molar-refractivity contribution in [2.45, 2.75) is 19.3 Å². The summed E-state index contributed by atoms with van der Waals surface area (Å²) in [4.78, 5) is 11.5. The number of carbonyl (C=O) groups is 1. The highest BCUT2D eigenvalue weighted by Crippen LogP contribution is 2.40. The Balaban J connectivity index is 2.63. The molecule has 0 aromatic heterocycles. The minimum Gasteiger partial charge on any atom is -0.497 e. The van der Waals surface area contributed by atoms with Crippen molar-refractivity contribution in [3.63, 3.8) is 0 Å². The van der Waals surface area contributed by atoms with Gasteiger partial charge in [-0.15, -0.1) is 0 Å². The van der Waals surface area contributed by atoms with Gasteiger partial charge in [0.05, 0.1) is 19.8 Å². The summed E-state index contributed by atoms with van der Waals surface area (Å²) in [5.41, 5.74) is 1.42. The van der Waals surface area contributed by atoms with Gasteiger partial charge < -0.3 is 14.6 Å². The van der Waals surface area contributed by atoms with Gasteiger partial charge in [-0.3, -0.25) is 0 Å². The molecule has 0 saturated heterocycles. The Hall–Kier alpha value is -2.49. The van der Waals surface area contributed by atoms with Crippen molar-refractivity contribution >= 4 is 5.97 Å². The molecule has 4 nitrogen and oxygen atoms in total. The van der Waals surface area contributed by atoms with E-state index in [-0.39, 0.29) is 0 Å². The highest BCUT2D eigenvalue weighted by molar-refractivity contribution is 5.90. The summed E-state index contributed by atoms with van der Waals surface area (Å²) < 4.78 is 10.7. The molecule has 0 atom stereocenters. The lowest BCUT2D eigenvalue weighted by Crippen LogP contribution is -2.23. The molecule has 1 N–H and O–H groups in total. The van der Waals surface area contributed by atoms with Crippen LogP contribution in [0, 0.1) is 0 Å². The number of methoxy groups -OCH3 is 2. The second-order valence-electron chi connectivity index (χ2n) is 5.54. The predicted molar refractivity (Wildman–Crippen MR) is 85.1 cm³/mol. The van der Waals surface area contributed by atoms with Crippen molar-refractivity contribution < 1.29 is 19.4 Å². The summed E-state index contributed by atoms with van der Waals surface area (Å²) in [7, 11) is 3.19. The van der Waals surface area contributed by atoms with Crippen LogP contribution in [-0.4, -0.2) is 25.3 Å². The Kier molecular flexibility index (Phi) is 4.40. The SMILES string of the molecule is COc1ccc(C(C)(C)c2ccccc2C(=O)O)c(OC)c1. The highest BCUT2D eigenvalue weighted by Gasteiger charge is 2.30. The molecule has 0 spiro atoms. The van der Waals surface area contributed by atoms with Gasteiger partial charge in [-0.2, -0.15) is 0 Å². The maximum Gasteiger partial charge on any atom is 0.335 e. The minimum absolute atomic E-state index is 0.297. The molecule has 2 rings (SSSR count). The van der Waals surface area contributed by atoms with Crippen molar-refractivity contribution in [2.75, 3.05) is 14.2 Å². The van der Waals surface area contributed by atoms with Gasteiger partial charge in [0, 0.05) is 17.0 Å². The fraction of sp³-hybridized carbons (Fsp3) is 0.278. The Bertz CT molecular complexity index is 689. The Labute approximate surface area is 130 Å². The zero-order valence-corrected chi connectivity index (χ0v) is 13.2. The van der Waals surface area contributed by atoms with Gasteiger partial charge in [-0.1, -0.05) is 38.1 Å². The number of aromatic carboxylic acids is 1. The zero-order chi connectivity index (χ0) is 16.3.